The van der Waals surface area contributed by atoms with Crippen LogP contribution in [-0.2, 0) is 24.4 Å². The summed E-state index contributed by atoms with van der Waals surface area (Å²) in [5.41, 5.74) is 3.37. The molecule has 1 N–H and O–H groups in total. The Balaban J connectivity index is 1.50. The number of fused-ring (bicyclic) bond motifs is 1. The Morgan fingerprint density at radius 1 is 1.11 bits per heavy atom. The minimum Gasteiger partial charge on any atom is -0.468 e. The first kappa shape index (κ1) is 24.3. The number of aryl methyl sites for hydroxylation is 1. The van der Waals surface area contributed by atoms with Crippen LogP contribution in [-0.4, -0.2) is 42.8 Å². The molecule has 5 aromatic rings. The highest BCUT2D eigenvalue weighted by Gasteiger charge is 2.32. The third-order valence-electron chi connectivity index (χ3n) is 7.15. The zero-order chi connectivity index (χ0) is 25.9. The van der Waals surface area contributed by atoms with Crippen molar-refractivity contribution < 1.29 is 9.15 Å². The van der Waals surface area contributed by atoms with Crippen molar-refractivity contribution in [3.8, 4) is 0 Å². The van der Waals surface area contributed by atoms with Crippen molar-refractivity contribution >= 4 is 10.9 Å². The van der Waals surface area contributed by atoms with Gasteiger partial charge in [-0.25, -0.2) is 4.68 Å². The number of para-hydroxylation sites is 1. The van der Waals surface area contributed by atoms with E-state index in [0.29, 0.717) is 31.0 Å². The lowest BCUT2D eigenvalue weighted by Gasteiger charge is -2.30. The van der Waals surface area contributed by atoms with Crippen LogP contribution >= 0.6 is 0 Å². The van der Waals surface area contributed by atoms with Crippen molar-refractivity contribution in [3.63, 3.8) is 0 Å². The lowest BCUT2D eigenvalue weighted by atomic mass is 10.0. The van der Waals surface area contributed by atoms with Crippen LogP contribution in [0.5, 0.6) is 0 Å². The second kappa shape index (κ2) is 10.7. The number of aromatic amines is 1. The van der Waals surface area contributed by atoms with Crippen molar-refractivity contribution in [3.05, 3.63) is 112 Å². The maximum absolute atomic E-state index is 13.7. The van der Waals surface area contributed by atoms with Crippen molar-refractivity contribution in [2.24, 2.45) is 0 Å². The van der Waals surface area contributed by atoms with Crippen LogP contribution in [0.2, 0.25) is 0 Å². The smallest absolute Gasteiger partial charge is 0.253 e. The van der Waals surface area contributed by atoms with Gasteiger partial charge in [0.2, 0.25) is 0 Å². The molecule has 9 heteroatoms. The van der Waals surface area contributed by atoms with E-state index in [9.17, 15) is 4.79 Å². The normalized spacial score (nSPS) is 16.4. The van der Waals surface area contributed by atoms with E-state index in [-0.39, 0.29) is 11.7 Å². The highest BCUT2D eigenvalue weighted by atomic mass is 16.5. The molecular weight excluding hydrogens is 480 g/mol. The summed E-state index contributed by atoms with van der Waals surface area (Å²) in [6.07, 6.45) is 3.69. The van der Waals surface area contributed by atoms with Gasteiger partial charge in [-0.15, -0.1) is 5.10 Å². The molecule has 1 saturated heterocycles. The topological polar surface area (TPSA) is 102 Å². The predicted molar refractivity (Wildman–Crippen MR) is 142 cm³/mol. The van der Waals surface area contributed by atoms with Crippen LogP contribution in [0, 0.1) is 6.92 Å². The molecule has 38 heavy (non-hydrogen) atoms. The first-order valence-electron chi connectivity index (χ1n) is 13.0. The van der Waals surface area contributed by atoms with Gasteiger partial charge in [-0.05, 0) is 64.9 Å². The number of hydrogen-bond acceptors (Lipinski definition) is 7. The molecular formula is C29H30N6O3. The Hall–Kier alpha value is -4.08. The summed E-state index contributed by atoms with van der Waals surface area (Å²) in [6.45, 7) is 4.29. The van der Waals surface area contributed by atoms with E-state index >= 15 is 0 Å². The molecule has 0 aliphatic carbocycles. The first-order valence-corrected chi connectivity index (χ1v) is 13.0. The molecule has 194 valence electrons. The van der Waals surface area contributed by atoms with Gasteiger partial charge in [0.05, 0.1) is 31.0 Å². The third kappa shape index (κ3) is 5.03. The summed E-state index contributed by atoms with van der Waals surface area (Å²) in [7, 11) is 0. The van der Waals surface area contributed by atoms with Crippen molar-refractivity contribution in [2.45, 2.75) is 51.5 Å². The maximum Gasteiger partial charge on any atom is 0.253 e. The standard InChI is InChI=1S/C29H30N6O3/c1-20-8-5-11-22-16-25(29(36)30-26(20)22)27(28-31-32-33-35(28)19-24-13-7-15-38-24)34(18-23-12-6-14-37-23)17-21-9-3-2-4-10-21/h2-6,8-12,14,16,24,27H,7,13,15,17-19H2,1H3,(H,30,36)/t24-,27+/m0/s1. The molecule has 0 bridgehead atoms. The monoisotopic (exact) mass is 510 g/mol. The first-order chi connectivity index (χ1) is 18.7. The Labute approximate surface area is 220 Å². The Morgan fingerprint density at radius 2 is 2.00 bits per heavy atom. The van der Waals surface area contributed by atoms with Gasteiger partial charge in [-0.3, -0.25) is 9.69 Å². The Kier molecular flexibility index (Phi) is 6.85. The molecule has 0 saturated carbocycles. The maximum atomic E-state index is 13.7. The number of tetrazole rings is 1. The Bertz CT molecular complexity index is 1550. The average Bonchev–Trinajstić information content (AvgIpc) is 3.71. The van der Waals surface area contributed by atoms with Gasteiger partial charge < -0.3 is 14.1 Å². The van der Waals surface area contributed by atoms with Gasteiger partial charge in [-0.2, -0.15) is 0 Å². The largest absolute Gasteiger partial charge is 0.468 e. The number of benzene rings is 2. The molecule has 0 radical (unpaired) electrons. The molecule has 2 atom stereocenters. The fourth-order valence-corrected chi connectivity index (χ4v) is 5.28. The lowest BCUT2D eigenvalue weighted by molar-refractivity contribution is 0.0901. The number of nitrogens with zero attached hydrogens (tertiary/aromatic N) is 5. The van der Waals surface area contributed by atoms with E-state index in [1.54, 1.807) is 10.9 Å². The summed E-state index contributed by atoms with van der Waals surface area (Å²) >= 11 is 0. The Morgan fingerprint density at radius 3 is 2.79 bits per heavy atom. The summed E-state index contributed by atoms with van der Waals surface area (Å²) in [5, 5.41) is 13.8. The highest BCUT2D eigenvalue weighted by Crippen LogP contribution is 2.31. The minimum absolute atomic E-state index is 0.0445. The molecule has 1 aliphatic heterocycles. The summed E-state index contributed by atoms with van der Waals surface area (Å²) in [6, 6.07) is 21.4. The summed E-state index contributed by atoms with van der Waals surface area (Å²) in [5.74, 6) is 1.39. The van der Waals surface area contributed by atoms with E-state index in [4.69, 9.17) is 9.15 Å². The number of nitrogens with one attached hydrogen (secondary N) is 1. The van der Waals surface area contributed by atoms with Crippen LogP contribution in [0.1, 0.15) is 47.2 Å². The molecule has 3 aromatic heterocycles. The van der Waals surface area contributed by atoms with E-state index < -0.39 is 6.04 Å². The van der Waals surface area contributed by atoms with Crippen molar-refractivity contribution in [1.82, 2.24) is 30.1 Å². The molecule has 9 nitrogen and oxygen atoms in total. The van der Waals surface area contributed by atoms with Gasteiger partial charge >= 0.3 is 0 Å². The summed E-state index contributed by atoms with van der Waals surface area (Å²) < 4.78 is 13.4. The predicted octanol–water partition coefficient (Wildman–Crippen LogP) is 4.39. The second-order valence-corrected chi connectivity index (χ2v) is 9.82. The number of H-pyrrole nitrogens is 1. The SMILES string of the molecule is Cc1cccc2cc([C@H](c3nnnn3C[C@@H]3CCCO3)N(Cc3ccccc3)Cc3ccco3)c(=O)[nH]c12. The fourth-order valence-electron chi connectivity index (χ4n) is 5.28. The van der Waals surface area contributed by atoms with E-state index in [0.717, 1.165) is 47.2 Å². The fraction of sp³-hybridized carbons (Fsp3) is 0.310. The zero-order valence-electron chi connectivity index (χ0n) is 21.3. The molecule has 6 rings (SSSR count). The van der Waals surface area contributed by atoms with Crippen LogP contribution in [0.3, 0.4) is 0 Å². The number of aromatic nitrogens is 5. The molecule has 0 unspecified atom stereocenters. The van der Waals surface area contributed by atoms with Crippen molar-refractivity contribution in [2.75, 3.05) is 6.61 Å². The minimum atomic E-state index is -0.537. The third-order valence-corrected chi connectivity index (χ3v) is 7.15. The van der Waals surface area contributed by atoms with Gasteiger partial charge in [0.1, 0.15) is 11.8 Å². The van der Waals surface area contributed by atoms with Crippen LogP contribution < -0.4 is 5.56 Å². The molecule has 0 spiro atoms. The van der Waals surface area contributed by atoms with Gasteiger partial charge in [-0.1, -0.05) is 48.5 Å². The number of furan rings is 1. The number of hydrogen-bond donors (Lipinski definition) is 1. The second-order valence-electron chi connectivity index (χ2n) is 9.82. The number of ether oxygens (including phenoxy) is 1. The lowest BCUT2D eigenvalue weighted by Crippen LogP contribution is -2.35. The van der Waals surface area contributed by atoms with E-state index in [2.05, 4.69) is 37.5 Å². The van der Waals surface area contributed by atoms with Crippen LogP contribution in [0.4, 0.5) is 0 Å². The molecule has 1 fully saturated rings. The number of pyridine rings is 1. The van der Waals surface area contributed by atoms with Crippen molar-refractivity contribution in [1.29, 1.82) is 0 Å². The molecule has 2 aromatic carbocycles. The van der Waals surface area contributed by atoms with E-state index in [1.165, 1.54) is 0 Å². The number of rotatable bonds is 9. The molecule has 0 amide bonds. The molecule has 4 heterocycles. The van der Waals surface area contributed by atoms with Crippen LogP contribution in [0.25, 0.3) is 10.9 Å². The quantitative estimate of drug-likeness (QED) is 0.314. The molecule has 1 aliphatic rings. The average molecular weight is 511 g/mol. The van der Waals surface area contributed by atoms with Gasteiger partial charge in [0.15, 0.2) is 5.82 Å². The van der Waals surface area contributed by atoms with Gasteiger partial charge in [0, 0.05) is 18.7 Å². The van der Waals surface area contributed by atoms with Gasteiger partial charge in [0.25, 0.3) is 5.56 Å². The van der Waals surface area contributed by atoms with E-state index in [1.807, 2.05) is 61.5 Å². The van der Waals surface area contributed by atoms with Crippen LogP contribution in [0.15, 0.2) is 82.2 Å². The highest BCUT2D eigenvalue weighted by molar-refractivity contribution is 5.82. The zero-order valence-corrected chi connectivity index (χ0v) is 21.3. The summed E-state index contributed by atoms with van der Waals surface area (Å²) in [4.78, 5) is 19.1.